The number of nitrogens with zero attached hydrogens (tertiary/aromatic N) is 1. The molecule has 2 aromatic heterocycles. The highest BCUT2D eigenvalue weighted by molar-refractivity contribution is 5.98. The molecule has 150 valence electrons. The molecule has 0 unspecified atom stereocenters. The number of aryl methyl sites for hydroxylation is 4. The van der Waals surface area contributed by atoms with E-state index in [0.717, 1.165) is 22.6 Å². The Balaban J connectivity index is 1.67. The maximum Gasteiger partial charge on any atom is 0.273 e. The molecule has 3 aromatic rings. The van der Waals surface area contributed by atoms with Gasteiger partial charge < -0.3 is 8.98 Å². The van der Waals surface area contributed by atoms with E-state index >= 15 is 0 Å². The van der Waals surface area contributed by atoms with Crippen LogP contribution in [0.3, 0.4) is 0 Å². The quantitative estimate of drug-likeness (QED) is 0.520. The molecule has 6 heteroatoms. The second-order valence-electron chi connectivity index (χ2n) is 7.10. The number of aromatic nitrogens is 1. The van der Waals surface area contributed by atoms with Gasteiger partial charge in [-0.05, 0) is 70.5 Å². The fourth-order valence-electron chi connectivity index (χ4n) is 3.30. The van der Waals surface area contributed by atoms with Gasteiger partial charge in [-0.3, -0.25) is 20.4 Å². The van der Waals surface area contributed by atoms with Gasteiger partial charge in [-0.15, -0.1) is 0 Å². The summed E-state index contributed by atoms with van der Waals surface area (Å²) in [5, 5.41) is 0. The number of nitrogens with one attached hydrogen (secondary N) is 2. The largest absolute Gasteiger partial charge is 0.466 e. The Kier molecular flexibility index (Phi) is 5.73. The van der Waals surface area contributed by atoms with Crippen molar-refractivity contribution in [3.05, 3.63) is 82.1 Å². The van der Waals surface area contributed by atoms with Gasteiger partial charge in [0.2, 0.25) is 0 Å². The summed E-state index contributed by atoms with van der Waals surface area (Å²) in [5.74, 6) is 0.311. The summed E-state index contributed by atoms with van der Waals surface area (Å²) in [6, 6.07) is 11.9. The normalized spacial score (nSPS) is 11.1. The highest BCUT2D eigenvalue weighted by Gasteiger charge is 2.14. The number of hydrogen-bond donors (Lipinski definition) is 2. The maximum absolute atomic E-state index is 12.1. The molecule has 0 aliphatic carbocycles. The van der Waals surface area contributed by atoms with Crippen LogP contribution in [0.1, 0.15) is 44.4 Å². The van der Waals surface area contributed by atoms with E-state index in [1.54, 1.807) is 26.0 Å². The molecule has 0 spiro atoms. The molecule has 0 saturated carbocycles. The first kappa shape index (κ1) is 20.2. The lowest BCUT2D eigenvalue weighted by Gasteiger charge is -2.10. The lowest BCUT2D eigenvalue weighted by atomic mass is 10.2. The van der Waals surface area contributed by atoms with E-state index < -0.39 is 11.8 Å². The molecule has 0 atom stereocenters. The van der Waals surface area contributed by atoms with E-state index in [2.05, 4.69) is 46.6 Å². The topological polar surface area (TPSA) is 76.3 Å². The SMILES string of the molecule is Cc1ccc(-n2c(C)cc(/C=C/C(=O)NNC(=O)c3cc(C)oc3C)c2C)cc1. The second kappa shape index (κ2) is 8.22. The predicted octanol–water partition coefficient (Wildman–Crippen LogP) is 4.09. The lowest BCUT2D eigenvalue weighted by molar-refractivity contribution is -0.117. The molecule has 0 saturated heterocycles. The summed E-state index contributed by atoms with van der Waals surface area (Å²) < 4.78 is 7.47. The third kappa shape index (κ3) is 4.48. The molecule has 2 N–H and O–H groups in total. The van der Waals surface area contributed by atoms with Gasteiger partial charge in [-0.2, -0.15) is 0 Å². The second-order valence-corrected chi connectivity index (χ2v) is 7.10. The van der Waals surface area contributed by atoms with Crippen molar-refractivity contribution in [3.8, 4) is 5.69 Å². The molecular weight excluding hydrogens is 366 g/mol. The first-order chi connectivity index (χ1) is 13.8. The molecule has 0 bridgehead atoms. The Morgan fingerprint density at radius 1 is 0.966 bits per heavy atom. The first-order valence-corrected chi connectivity index (χ1v) is 9.37. The molecule has 0 radical (unpaired) electrons. The minimum Gasteiger partial charge on any atom is -0.466 e. The summed E-state index contributed by atoms with van der Waals surface area (Å²) in [6.45, 7) is 9.56. The summed E-state index contributed by atoms with van der Waals surface area (Å²) in [6.07, 6.45) is 3.14. The van der Waals surface area contributed by atoms with E-state index in [1.165, 1.54) is 11.6 Å². The van der Waals surface area contributed by atoms with Crippen LogP contribution in [-0.2, 0) is 4.79 Å². The van der Waals surface area contributed by atoms with Crippen LogP contribution in [-0.4, -0.2) is 16.4 Å². The van der Waals surface area contributed by atoms with Crippen molar-refractivity contribution >= 4 is 17.9 Å². The highest BCUT2D eigenvalue weighted by atomic mass is 16.3. The van der Waals surface area contributed by atoms with Crippen LogP contribution in [0, 0.1) is 34.6 Å². The van der Waals surface area contributed by atoms with E-state index in [4.69, 9.17) is 4.42 Å². The van der Waals surface area contributed by atoms with Crippen molar-refractivity contribution in [2.45, 2.75) is 34.6 Å². The van der Waals surface area contributed by atoms with Crippen LogP contribution in [0.25, 0.3) is 11.8 Å². The fraction of sp³-hybridized carbons (Fsp3) is 0.217. The van der Waals surface area contributed by atoms with Gasteiger partial charge in [0.05, 0.1) is 5.56 Å². The number of rotatable bonds is 4. The van der Waals surface area contributed by atoms with Gasteiger partial charge in [0.1, 0.15) is 11.5 Å². The Labute approximate surface area is 170 Å². The zero-order valence-corrected chi connectivity index (χ0v) is 17.3. The fourth-order valence-corrected chi connectivity index (χ4v) is 3.30. The Hall–Kier alpha value is -3.54. The molecule has 6 nitrogen and oxygen atoms in total. The van der Waals surface area contributed by atoms with Crippen molar-refractivity contribution in [2.75, 3.05) is 0 Å². The lowest BCUT2D eigenvalue weighted by Crippen LogP contribution is -2.40. The maximum atomic E-state index is 12.1. The van der Waals surface area contributed by atoms with Gasteiger partial charge in [-0.1, -0.05) is 17.7 Å². The Bertz CT molecular complexity index is 1090. The van der Waals surface area contributed by atoms with Crippen LogP contribution in [0.2, 0.25) is 0 Å². The molecule has 3 rings (SSSR count). The minimum absolute atomic E-state index is 0.397. The molecule has 0 aliphatic heterocycles. The van der Waals surface area contributed by atoms with Gasteiger partial charge in [0.15, 0.2) is 0 Å². The van der Waals surface area contributed by atoms with Gasteiger partial charge in [-0.25, -0.2) is 0 Å². The van der Waals surface area contributed by atoms with Crippen LogP contribution in [0.5, 0.6) is 0 Å². The number of carbonyl (C=O) groups excluding carboxylic acids is 2. The first-order valence-electron chi connectivity index (χ1n) is 9.37. The molecule has 0 fully saturated rings. The molecule has 1 aromatic carbocycles. The molecular formula is C23H25N3O3. The van der Waals surface area contributed by atoms with Gasteiger partial charge in [0.25, 0.3) is 11.8 Å². The molecule has 29 heavy (non-hydrogen) atoms. The monoisotopic (exact) mass is 391 g/mol. The average Bonchev–Trinajstić information content (AvgIpc) is 3.16. The van der Waals surface area contributed by atoms with Crippen molar-refractivity contribution in [1.82, 2.24) is 15.4 Å². The Morgan fingerprint density at radius 2 is 1.66 bits per heavy atom. The number of hydrazine groups is 1. The number of furan rings is 1. The minimum atomic E-state index is -0.420. The standard InChI is InChI=1S/C23H25N3O3/c1-14-6-9-20(10-7-14)26-15(2)12-19(17(26)4)8-11-22(27)24-25-23(28)21-13-16(3)29-18(21)5/h6-13H,1-5H3,(H,24,27)(H,25,28)/b11-8+. The third-order valence-electron chi connectivity index (χ3n) is 4.76. The smallest absolute Gasteiger partial charge is 0.273 e. The van der Waals surface area contributed by atoms with E-state index in [0.29, 0.717) is 17.1 Å². The third-order valence-corrected chi connectivity index (χ3v) is 4.76. The van der Waals surface area contributed by atoms with Gasteiger partial charge in [0, 0.05) is 23.2 Å². The number of carbonyl (C=O) groups is 2. The average molecular weight is 391 g/mol. The summed E-state index contributed by atoms with van der Waals surface area (Å²) in [7, 11) is 0. The van der Waals surface area contributed by atoms with Crippen molar-refractivity contribution in [2.24, 2.45) is 0 Å². The van der Waals surface area contributed by atoms with Crippen LogP contribution < -0.4 is 10.9 Å². The van der Waals surface area contributed by atoms with Crippen molar-refractivity contribution < 1.29 is 14.0 Å². The highest BCUT2D eigenvalue weighted by Crippen LogP contribution is 2.22. The van der Waals surface area contributed by atoms with Crippen molar-refractivity contribution in [3.63, 3.8) is 0 Å². The zero-order chi connectivity index (χ0) is 21.1. The number of benzene rings is 1. The van der Waals surface area contributed by atoms with E-state index in [-0.39, 0.29) is 0 Å². The predicted molar refractivity (Wildman–Crippen MR) is 113 cm³/mol. The molecule has 0 aliphatic rings. The summed E-state index contributed by atoms with van der Waals surface area (Å²) in [4.78, 5) is 24.2. The number of hydrogen-bond acceptors (Lipinski definition) is 3. The summed E-state index contributed by atoms with van der Waals surface area (Å²) in [5.41, 5.74) is 10.5. The molecule has 2 amide bonds. The van der Waals surface area contributed by atoms with E-state index in [1.807, 2.05) is 19.9 Å². The van der Waals surface area contributed by atoms with Crippen LogP contribution in [0.15, 0.2) is 46.9 Å². The van der Waals surface area contributed by atoms with Crippen LogP contribution >= 0.6 is 0 Å². The number of amides is 2. The van der Waals surface area contributed by atoms with Gasteiger partial charge >= 0.3 is 0 Å². The molecule has 2 heterocycles. The summed E-state index contributed by atoms with van der Waals surface area (Å²) >= 11 is 0. The van der Waals surface area contributed by atoms with Crippen LogP contribution in [0.4, 0.5) is 0 Å². The Morgan fingerprint density at radius 3 is 2.28 bits per heavy atom. The van der Waals surface area contributed by atoms with Crippen molar-refractivity contribution in [1.29, 1.82) is 0 Å². The zero-order valence-electron chi connectivity index (χ0n) is 17.3. The van der Waals surface area contributed by atoms with E-state index in [9.17, 15) is 9.59 Å².